The van der Waals surface area contributed by atoms with Gasteiger partial charge in [-0.2, -0.15) is 0 Å². The van der Waals surface area contributed by atoms with Crippen molar-refractivity contribution in [3.63, 3.8) is 0 Å². The molecule has 0 radical (unpaired) electrons. The van der Waals surface area contributed by atoms with E-state index in [-0.39, 0.29) is 0 Å². The van der Waals surface area contributed by atoms with Gasteiger partial charge in [0.2, 0.25) is 0 Å². The molecule has 2 aromatic heterocycles. The van der Waals surface area contributed by atoms with Crippen molar-refractivity contribution in [2.24, 2.45) is 0 Å². The Balaban J connectivity index is 1.05. The SMILES string of the molecule is c1ccc(N(c2ccc(-c3cccc4oc5ccccc5c34)cc2)c2ccc(-n3c4ccccc4c4ccccc43)cc2)c(-c2cc3ccccc3c3ccccc23)c1. The quantitative estimate of drug-likeness (QED) is 0.158. The molecule has 0 bridgehead atoms. The Hall–Kier alpha value is -7.88. The molecule has 0 aliphatic rings. The van der Waals surface area contributed by atoms with E-state index < -0.39 is 0 Å². The van der Waals surface area contributed by atoms with Crippen LogP contribution in [0.5, 0.6) is 0 Å². The number of nitrogens with zero attached hydrogens (tertiary/aromatic N) is 2. The van der Waals surface area contributed by atoms with E-state index in [1.807, 2.05) is 12.1 Å². The van der Waals surface area contributed by atoms with E-state index in [9.17, 15) is 0 Å². The predicted octanol–water partition coefficient (Wildman–Crippen LogP) is 15.8. The Morgan fingerprint density at radius 1 is 0.356 bits per heavy atom. The van der Waals surface area contributed by atoms with Crippen LogP contribution >= 0.6 is 0 Å². The van der Waals surface area contributed by atoms with Gasteiger partial charge in [-0.3, -0.25) is 0 Å². The summed E-state index contributed by atoms with van der Waals surface area (Å²) in [5.74, 6) is 0. The summed E-state index contributed by atoms with van der Waals surface area (Å²) in [6.45, 7) is 0. The molecule has 0 unspecified atom stereocenters. The van der Waals surface area contributed by atoms with Gasteiger partial charge in [0.05, 0.1) is 16.7 Å². The van der Waals surface area contributed by atoms with Gasteiger partial charge in [-0.15, -0.1) is 0 Å². The summed E-state index contributed by atoms with van der Waals surface area (Å²) in [5.41, 5.74) is 13.2. The van der Waals surface area contributed by atoms with Gasteiger partial charge in [0, 0.05) is 44.2 Å². The van der Waals surface area contributed by atoms with Gasteiger partial charge in [-0.25, -0.2) is 0 Å². The molecule has 12 rings (SSSR count). The van der Waals surface area contributed by atoms with Crippen molar-refractivity contribution >= 4 is 82.4 Å². The Labute approximate surface area is 341 Å². The van der Waals surface area contributed by atoms with E-state index in [4.69, 9.17) is 4.42 Å². The first-order chi connectivity index (χ1) is 29.3. The number of furan rings is 1. The molecule has 3 heteroatoms. The normalized spacial score (nSPS) is 11.7. The zero-order chi connectivity index (χ0) is 38.9. The second kappa shape index (κ2) is 13.4. The summed E-state index contributed by atoms with van der Waals surface area (Å²) in [6.07, 6.45) is 0. The average Bonchev–Trinajstić information content (AvgIpc) is 3.86. The number of aromatic nitrogens is 1. The van der Waals surface area contributed by atoms with E-state index in [2.05, 4.69) is 216 Å². The molecule has 3 nitrogen and oxygen atoms in total. The van der Waals surface area contributed by atoms with Crippen LogP contribution in [0.25, 0.3) is 93.2 Å². The maximum Gasteiger partial charge on any atom is 0.136 e. The molecule has 0 saturated heterocycles. The summed E-state index contributed by atoms with van der Waals surface area (Å²) >= 11 is 0. The molecule has 0 N–H and O–H groups in total. The fourth-order valence-electron chi connectivity index (χ4n) is 9.36. The minimum Gasteiger partial charge on any atom is -0.456 e. The van der Waals surface area contributed by atoms with Crippen LogP contribution in [-0.2, 0) is 0 Å². The van der Waals surface area contributed by atoms with Crippen molar-refractivity contribution < 1.29 is 4.42 Å². The second-order valence-corrected chi connectivity index (χ2v) is 15.3. The van der Waals surface area contributed by atoms with Crippen LogP contribution in [0.1, 0.15) is 0 Å². The number of para-hydroxylation sites is 4. The van der Waals surface area contributed by atoms with Crippen LogP contribution in [0.3, 0.4) is 0 Å². The van der Waals surface area contributed by atoms with Crippen LogP contribution in [0.15, 0.2) is 223 Å². The first kappa shape index (κ1) is 33.3. The van der Waals surface area contributed by atoms with Gasteiger partial charge in [-0.05, 0) is 111 Å². The lowest BCUT2D eigenvalue weighted by molar-refractivity contribution is 0.669. The highest BCUT2D eigenvalue weighted by molar-refractivity contribution is 6.16. The van der Waals surface area contributed by atoms with Gasteiger partial charge < -0.3 is 13.9 Å². The largest absolute Gasteiger partial charge is 0.456 e. The molecule has 0 fully saturated rings. The summed E-state index contributed by atoms with van der Waals surface area (Å²) < 4.78 is 8.66. The van der Waals surface area contributed by atoms with E-state index in [0.29, 0.717) is 0 Å². The van der Waals surface area contributed by atoms with Crippen molar-refractivity contribution in [1.82, 2.24) is 4.57 Å². The summed E-state index contributed by atoms with van der Waals surface area (Å²) in [5, 5.41) is 9.75. The number of fused-ring (bicyclic) bond motifs is 9. The number of hydrogen-bond acceptors (Lipinski definition) is 2. The predicted molar refractivity (Wildman–Crippen MR) is 249 cm³/mol. The Morgan fingerprint density at radius 2 is 0.898 bits per heavy atom. The first-order valence-corrected chi connectivity index (χ1v) is 20.2. The topological polar surface area (TPSA) is 21.3 Å². The molecule has 10 aromatic carbocycles. The maximum absolute atomic E-state index is 6.28. The Morgan fingerprint density at radius 3 is 1.64 bits per heavy atom. The number of anilines is 3. The lowest BCUT2D eigenvalue weighted by atomic mass is 9.92. The Kier molecular flexibility index (Phi) is 7.54. The molecule has 2 heterocycles. The third kappa shape index (κ3) is 5.29. The number of rotatable bonds is 6. The van der Waals surface area contributed by atoms with Gasteiger partial charge in [0.15, 0.2) is 0 Å². The number of hydrogen-bond donors (Lipinski definition) is 0. The number of benzene rings is 10. The minimum absolute atomic E-state index is 0.897. The zero-order valence-corrected chi connectivity index (χ0v) is 32.1. The molecule has 0 atom stereocenters. The monoisotopic (exact) mass is 752 g/mol. The highest BCUT2D eigenvalue weighted by Gasteiger charge is 2.21. The average molecular weight is 753 g/mol. The first-order valence-electron chi connectivity index (χ1n) is 20.2. The third-order valence-electron chi connectivity index (χ3n) is 12.0. The lowest BCUT2D eigenvalue weighted by Crippen LogP contribution is -2.11. The molecule has 0 amide bonds. The molecule has 0 spiro atoms. The van der Waals surface area contributed by atoms with Crippen molar-refractivity contribution in [3.8, 4) is 27.9 Å². The molecule has 0 aliphatic carbocycles. The molecular formula is C56H36N2O. The van der Waals surface area contributed by atoms with Gasteiger partial charge in [0.25, 0.3) is 0 Å². The third-order valence-corrected chi connectivity index (χ3v) is 12.0. The van der Waals surface area contributed by atoms with Gasteiger partial charge >= 0.3 is 0 Å². The van der Waals surface area contributed by atoms with Gasteiger partial charge in [0.1, 0.15) is 11.2 Å². The summed E-state index contributed by atoms with van der Waals surface area (Å²) in [4.78, 5) is 2.41. The fourth-order valence-corrected chi connectivity index (χ4v) is 9.36. The molecule has 276 valence electrons. The van der Waals surface area contributed by atoms with E-state index in [1.165, 1.54) is 54.5 Å². The molecule has 59 heavy (non-hydrogen) atoms. The van der Waals surface area contributed by atoms with Crippen molar-refractivity contribution in [3.05, 3.63) is 218 Å². The molecular weight excluding hydrogens is 717 g/mol. The molecule has 12 aromatic rings. The lowest BCUT2D eigenvalue weighted by Gasteiger charge is -2.29. The zero-order valence-electron chi connectivity index (χ0n) is 32.1. The fraction of sp³-hybridized carbons (Fsp3) is 0. The summed E-state index contributed by atoms with van der Waals surface area (Å²) in [7, 11) is 0. The Bertz CT molecular complexity index is 3500. The van der Waals surface area contributed by atoms with Crippen LogP contribution in [0.4, 0.5) is 17.1 Å². The summed E-state index contributed by atoms with van der Waals surface area (Å²) in [6, 6.07) is 78.8. The molecule has 0 aliphatic heterocycles. The minimum atomic E-state index is 0.897. The van der Waals surface area contributed by atoms with E-state index >= 15 is 0 Å². The van der Waals surface area contributed by atoms with Crippen LogP contribution in [0, 0.1) is 0 Å². The van der Waals surface area contributed by atoms with Crippen molar-refractivity contribution in [2.45, 2.75) is 0 Å². The van der Waals surface area contributed by atoms with Gasteiger partial charge in [-0.1, -0.05) is 146 Å². The van der Waals surface area contributed by atoms with E-state index in [0.717, 1.165) is 55.8 Å². The second-order valence-electron chi connectivity index (χ2n) is 15.3. The van der Waals surface area contributed by atoms with Crippen LogP contribution in [0.2, 0.25) is 0 Å². The smallest absolute Gasteiger partial charge is 0.136 e. The van der Waals surface area contributed by atoms with Crippen LogP contribution < -0.4 is 4.90 Å². The highest BCUT2D eigenvalue weighted by atomic mass is 16.3. The maximum atomic E-state index is 6.28. The standard InChI is InChI=1S/C56H36N2O/c1-2-15-42-38(14-1)36-50(45-17-4-3-16-44(42)45)48-20-7-9-23-51(48)57(39-30-28-37(29-31-39)43-22-13-27-55-56(43)49-21-8-12-26-54(49)59-55)40-32-34-41(35-33-40)58-52-24-10-5-18-46(52)47-19-6-11-25-53(47)58/h1-36H. The van der Waals surface area contributed by atoms with E-state index in [1.54, 1.807) is 0 Å². The van der Waals surface area contributed by atoms with Crippen molar-refractivity contribution in [2.75, 3.05) is 4.90 Å². The van der Waals surface area contributed by atoms with Crippen LogP contribution in [-0.4, -0.2) is 4.57 Å². The highest BCUT2D eigenvalue weighted by Crippen LogP contribution is 2.45. The molecule has 0 saturated carbocycles. The van der Waals surface area contributed by atoms with Crippen molar-refractivity contribution in [1.29, 1.82) is 0 Å².